The standard InChI is InChI=1S/C17H26N2O2/c1-4-5-11-18-17(21)10-12-19(15(3)20)13-16-8-6-14(2)7-9-16/h6-9H,4-5,10-13H2,1-3H3,(H,18,21). The fourth-order valence-corrected chi connectivity index (χ4v) is 1.99. The minimum absolute atomic E-state index is 0.00284. The highest BCUT2D eigenvalue weighted by molar-refractivity contribution is 5.77. The van der Waals surface area contributed by atoms with E-state index >= 15 is 0 Å². The molecule has 0 aromatic heterocycles. The third-order valence-electron chi connectivity index (χ3n) is 3.40. The molecule has 1 aromatic rings. The van der Waals surface area contributed by atoms with Gasteiger partial charge < -0.3 is 10.2 Å². The smallest absolute Gasteiger partial charge is 0.221 e. The van der Waals surface area contributed by atoms with Crippen molar-refractivity contribution in [3.05, 3.63) is 35.4 Å². The van der Waals surface area contributed by atoms with Crippen LogP contribution in [0, 0.1) is 6.92 Å². The van der Waals surface area contributed by atoms with Gasteiger partial charge in [-0.3, -0.25) is 9.59 Å². The predicted molar refractivity (Wildman–Crippen MR) is 84.8 cm³/mol. The van der Waals surface area contributed by atoms with E-state index in [1.165, 1.54) is 5.56 Å². The van der Waals surface area contributed by atoms with Crippen LogP contribution >= 0.6 is 0 Å². The molecular formula is C17H26N2O2. The van der Waals surface area contributed by atoms with Crippen molar-refractivity contribution in [2.24, 2.45) is 0 Å². The van der Waals surface area contributed by atoms with Crippen LogP contribution in [0.15, 0.2) is 24.3 Å². The van der Waals surface area contributed by atoms with Crippen molar-refractivity contribution in [2.45, 2.75) is 46.6 Å². The SMILES string of the molecule is CCCCNC(=O)CCN(Cc1ccc(C)cc1)C(C)=O. The van der Waals surface area contributed by atoms with E-state index in [1.807, 2.05) is 31.2 Å². The van der Waals surface area contributed by atoms with Crippen LogP contribution in [-0.2, 0) is 16.1 Å². The van der Waals surface area contributed by atoms with Gasteiger partial charge in [-0.2, -0.15) is 0 Å². The Balaban J connectivity index is 2.45. The second-order valence-electron chi connectivity index (χ2n) is 5.38. The first-order chi connectivity index (χ1) is 10.0. The van der Waals surface area contributed by atoms with Gasteiger partial charge in [0.1, 0.15) is 0 Å². The van der Waals surface area contributed by atoms with Crippen LogP contribution < -0.4 is 5.32 Å². The maximum absolute atomic E-state index is 11.7. The van der Waals surface area contributed by atoms with Crippen LogP contribution in [0.2, 0.25) is 0 Å². The summed E-state index contributed by atoms with van der Waals surface area (Å²) in [6.45, 7) is 7.40. The van der Waals surface area contributed by atoms with Gasteiger partial charge in [0.15, 0.2) is 0 Å². The molecular weight excluding hydrogens is 264 g/mol. The summed E-state index contributed by atoms with van der Waals surface area (Å²) in [6.07, 6.45) is 2.41. The molecule has 4 heteroatoms. The summed E-state index contributed by atoms with van der Waals surface area (Å²) >= 11 is 0. The van der Waals surface area contributed by atoms with Crippen molar-refractivity contribution < 1.29 is 9.59 Å². The third-order valence-corrected chi connectivity index (χ3v) is 3.40. The van der Waals surface area contributed by atoms with Gasteiger partial charge in [-0.25, -0.2) is 0 Å². The molecule has 0 bridgehead atoms. The van der Waals surface area contributed by atoms with Gasteiger partial charge >= 0.3 is 0 Å². The Morgan fingerprint density at radius 1 is 1.19 bits per heavy atom. The van der Waals surface area contributed by atoms with Crippen molar-refractivity contribution in [1.29, 1.82) is 0 Å². The van der Waals surface area contributed by atoms with Gasteiger partial charge in [0, 0.05) is 33.0 Å². The van der Waals surface area contributed by atoms with Crippen LogP contribution in [0.25, 0.3) is 0 Å². The molecule has 0 atom stereocenters. The number of benzene rings is 1. The van der Waals surface area contributed by atoms with E-state index in [0.717, 1.165) is 18.4 Å². The molecule has 0 fully saturated rings. The summed E-state index contributed by atoms with van der Waals surface area (Å²) in [5.74, 6) is 0.00976. The first-order valence-corrected chi connectivity index (χ1v) is 7.60. The maximum Gasteiger partial charge on any atom is 0.221 e. The molecule has 1 N–H and O–H groups in total. The van der Waals surface area contributed by atoms with E-state index in [9.17, 15) is 9.59 Å². The molecule has 0 saturated heterocycles. The average Bonchev–Trinajstić information content (AvgIpc) is 2.45. The van der Waals surface area contributed by atoms with E-state index in [4.69, 9.17) is 0 Å². The Morgan fingerprint density at radius 3 is 2.43 bits per heavy atom. The molecule has 4 nitrogen and oxygen atoms in total. The second kappa shape index (κ2) is 9.16. The van der Waals surface area contributed by atoms with E-state index in [0.29, 0.717) is 26.1 Å². The van der Waals surface area contributed by atoms with Crippen LogP contribution in [0.4, 0.5) is 0 Å². The van der Waals surface area contributed by atoms with Gasteiger partial charge in [0.25, 0.3) is 0 Å². The number of nitrogens with zero attached hydrogens (tertiary/aromatic N) is 1. The molecule has 0 aliphatic heterocycles. The lowest BCUT2D eigenvalue weighted by molar-refractivity contribution is -0.130. The number of unbranched alkanes of at least 4 members (excludes halogenated alkanes) is 1. The van der Waals surface area contributed by atoms with Gasteiger partial charge in [-0.1, -0.05) is 43.2 Å². The van der Waals surface area contributed by atoms with Crippen LogP contribution in [0.5, 0.6) is 0 Å². The number of aryl methyl sites for hydroxylation is 1. The van der Waals surface area contributed by atoms with Crippen LogP contribution in [0.1, 0.15) is 44.2 Å². The normalized spacial score (nSPS) is 10.2. The monoisotopic (exact) mass is 290 g/mol. The highest BCUT2D eigenvalue weighted by atomic mass is 16.2. The average molecular weight is 290 g/mol. The van der Waals surface area contributed by atoms with Crippen molar-refractivity contribution >= 4 is 11.8 Å². The maximum atomic E-state index is 11.7. The molecule has 0 aliphatic carbocycles. The first-order valence-electron chi connectivity index (χ1n) is 7.60. The third kappa shape index (κ3) is 6.93. The number of nitrogens with one attached hydrogen (secondary N) is 1. The quantitative estimate of drug-likeness (QED) is 0.748. The molecule has 0 unspecified atom stereocenters. The van der Waals surface area contributed by atoms with E-state index in [2.05, 4.69) is 12.2 Å². The Hall–Kier alpha value is -1.84. The van der Waals surface area contributed by atoms with Gasteiger partial charge in [-0.15, -0.1) is 0 Å². The summed E-state index contributed by atoms with van der Waals surface area (Å²) in [5, 5.41) is 2.87. The van der Waals surface area contributed by atoms with Gasteiger partial charge in [-0.05, 0) is 18.9 Å². The lowest BCUT2D eigenvalue weighted by Gasteiger charge is -2.21. The molecule has 0 saturated carbocycles. The molecule has 0 radical (unpaired) electrons. The Morgan fingerprint density at radius 2 is 1.86 bits per heavy atom. The van der Waals surface area contributed by atoms with E-state index < -0.39 is 0 Å². The number of amides is 2. The number of carbonyl (C=O) groups is 2. The van der Waals surface area contributed by atoms with E-state index in [1.54, 1.807) is 11.8 Å². The minimum atomic E-state index is -0.00284. The zero-order valence-electron chi connectivity index (χ0n) is 13.3. The summed E-state index contributed by atoms with van der Waals surface area (Å²) in [4.78, 5) is 25.1. The molecule has 1 rings (SSSR count). The topological polar surface area (TPSA) is 49.4 Å². The summed E-state index contributed by atoms with van der Waals surface area (Å²) in [5.41, 5.74) is 2.28. The van der Waals surface area contributed by atoms with Crippen molar-refractivity contribution in [3.63, 3.8) is 0 Å². The molecule has 2 amide bonds. The first kappa shape index (κ1) is 17.2. The Bertz CT molecular complexity index is 454. The molecule has 116 valence electrons. The van der Waals surface area contributed by atoms with Crippen LogP contribution in [-0.4, -0.2) is 29.8 Å². The summed E-state index contributed by atoms with van der Waals surface area (Å²) in [6, 6.07) is 8.11. The largest absolute Gasteiger partial charge is 0.356 e. The van der Waals surface area contributed by atoms with Crippen LogP contribution in [0.3, 0.4) is 0 Å². The number of rotatable bonds is 8. The fourth-order valence-electron chi connectivity index (χ4n) is 1.99. The fraction of sp³-hybridized carbons (Fsp3) is 0.529. The summed E-state index contributed by atoms with van der Waals surface area (Å²) < 4.78 is 0. The van der Waals surface area contributed by atoms with Crippen molar-refractivity contribution in [2.75, 3.05) is 13.1 Å². The lowest BCUT2D eigenvalue weighted by Crippen LogP contribution is -2.33. The Kier molecular flexibility index (Phi) is 7.51. The lowest BCUT2D eigenvalue weighted by atomic mass is 10.1. The molecule has 0 spiro atoms. The van der Waals surface area contributed by atoms with Crippen molar-refractivity contribution in [3.8, 4) is 0 Å². The summed E-state index contributed by atoms with van der Waals surface area (Å²) in [7, 11) is 0. The molecule has 1 aromatic carbocycles. The predicted octanol–water partition coefficient (Wildman–Crippen LogP) is 2.65. The zero-order chi connectivity index (χ0) is 15.7. The number of hydrogen-bond acceptors (Lipinski definition) is 2. The second-order valence-corrected chi connectivity index (χ2v) is 5.38. The molecule has 0 aliphatic rings. The molecule has 21 heavy (non-hydrogen) atoms. The Labute approximate surface area is 127 Å². The highest BCUT2D eigenvalue weighted by Gasteiger charge is 2.11. The number of hydrogen-bond donors (Lipinski definition) is 1. The number of carbonyl (C=O) groups excluding carboxylic acids is 2. The zero-order valence-corrected chi connectivity index (χ0v) is 13.3. The highest BCUT2D eigenvalue weighted by Crippen LogP contribution is 2.08. The van der Waals surface area contributed by atoms with E-state index in [-0.39, 0.29) is 11.8 Å². The van der Waals surface area contributed by atoms with Gasteiger partial charge in [0.2, 0.25) is 11.8 Å². The van der Waals surface area contributed by atoms with Crippen molar-refractivity contribution in [1.82, 2.24) is 10.2 Å². The molecule has 0 heterocycles. The minimum Gasteiger partial charge on any atom is -0.356 e. The van der Waals surface area contributed by atoms with Gasteiger partial charge in [0.05, 0.1) is 0 Å².